The number of hydrogen-bond acceptors (Lipinski definition) is 1. The van der Waals surface area contributed by atoms with Crippen LogP contribution in [0, 0.1) is 0 Å². The molecule has 0 radical (unpaired) electrons. The van der Waals surface area contributed by atoms with Crippen LogP contribution < -0.4 is 5.56 Å². The van der Waals surface area contributed by atoms with Crippen LogP contribution in [0.5, 0.6) is 0 Å². The van der Waals surface area contributed by atoms with E-state index in [4.69, 9.17) is 23.2 Å². The van der Waals surface area contributed by atoms with E-state index in [-0.39, 0.29) is 5.56 Å². The number of aryl methyl sites for hydroxylation is 1. The molecule has 0 aliphatic heterocycles. The van der Waals surface area contributed by atoms with Crippen LogP contribution in [0.25, 0.3) is 0 Å². The molecule has 5 heteroatoms. The first-order valence-electron chi connectivity index (χ1n) is 4.75. The number of aromatic amines is 1. The van der Waals surface area contributed by atoms with Crippen molar-refractivity contribution in [2.45, 2.75) is 6.42 Å². The van der Waals surface area contributed by atoms with E-state index >= 15 is 0 Å². The Bertz CT molecular complexity index is 572. The molecule has 1 aromatic carbocycles. The van der Waals surface area contributed by atoms with Gasteiger partial charge in [0, 0.05) is 25.2 Å². The normalized spacial score (nSPS) is 10.7. The van der Waals surface area contributed by atoms with Gasteiger partial charge in [-0.05, 0) is 17.7 Å². The molecule has 0 saturated carbocycles. The molecule has 0 atom stereocenters. The van der Waals surface area contributed by atoms with Gasteiger partial charge in [0.05, 0.1) is 10.0 Å². The summed E-state index contributed by atoms with van der Waals surface area (Å²) in [6.45, 7) is 0. The zero-order valence-corrected chi connectivity index (χ0v) is 10.1. The highest BCUT2D eigenvalue weighted by molar-refractivity contribution is 6.42. The van der Waals surface area contributed by atoms with E-state index in [2.05, 4.69) is 5.10 Å². The molecule has 0 aliphatic carbocycles. The molecule has 0 aliphatic rings. The molecule has 1 aromatic heterocycles. The van der Waals surface area contributed by atoms with E-state index in [1.165, 1.54) is 4.68 Å². The Hall–Kier alpha value is -1.19. The lowest BCUT2D eigenvalue weighted by Crippen LogP contribution is -2.09. The summed E-state index contributed by atoms with van der Waals surface area (Å²) in [5.41, 5.74) is 1.82. The molecule has 84 valence electrons. The minimum atomic E-state index is -0.0462. The molecular formula is C11H10Cl2N2O. The third kappa shape index (κ3) is 2.31. The quantitative estimate of drug-likeness (QED) is 0.882. The SMILES string of the molecule is Cn1[nH]c(Cc2ccc(Cl)c(Cl)c2)cc1=O. The van der Waals surface area contributed by atoms with Crippen molar-refractivity contribution in [1.82, 2.24) is 9.78 Å². The van der Waals surface area contributed by atoms with Gasteiger partial charge in [-0.15, -0.1) is 0 Å². The minimum Gasteiger partial charge on any atom is -0.300 e. The van der Waals surface area contributed by atoms with Crippen LogP contribution in [0.3, 0.4) is 0 Å². The van der Waals surface area contributed by atoms with E-state index in [0.29, 0.717) is 16.5 Å². The average Bonchev–Trinajstić information content (AvgIpc) is 2.52. The van der Waals surface area contributed by atoms with Crippen molar-refractivity contribution in [2.24, 2.45) is 7.05 Å². The zero-order valence-electron chi connectivity index (χ0n) is 8.63. The Kier molecular flexibility index (Phi) is 3.08. The van der Waals surface area contributed by atoms with Crippen LogP contribution in [0.15, 0.2) is 29.1 Å². The fraction of sp³-hybridized carbons (Fsp3) is 0.182. The summed E-state index contributed by atoms with van der Waals surface area (Å²) < 4.78 is 1.44. The molecule has 0 bridgehead atoms. The van der Waals surface area contributed by atoms with Crippen molar-refractivity contribution in [2.75, 3.05) is 0 Å². The van der Waals surface area contributed by atoms with Gasteiger partial charge in [-0.25, -0.2) is 0 Å². The van der Waals surface area contributed by atoms with Gasteiger partial charge < -0.3 is 0 Å². The standard InChI is InChI=1S/C11H10Cl2N2O/c1-15-11(16)6-8(14-15)4-7-2-3-9(12)10(13)5-7/h2-3,5-6,14H,4H2,1H3. The molecule has 3 nitrogen and oxygen atoms in total. The fourth-order valence-corrected chi connectivity index (χ4v) is 1.83. The van der Waals surface area contributed by atoms with Crippen molar-refractivity contribution < 1.29 is 0 Å². The van der Waals surface area contributed by atoms with Crippen LogP contribution in [0.1, 0.15) is 11.3 Å². The van der Waals surface area contributed by atoms with E-state index < -0.39 is 0 Å². The van der Waals surface area contributed by atoms with Crippen LogP contribution in [-0.2, 0) is 13.5 Å². The third-order valence-corrected chi connectivity index (χ3v) is 3.06. The van der Waals surface area contributed by atoms with E-state index in [1.807, 2.05) is 6.07 Å². The van der Waals surface area contributed by atoms with Gasteiger partial charge in [0.2, 0.25) is 0 Å². The van der Waals surface area contributed by atoms with Gasteiger partial charge in [0.1, 0.15) is 0 Å². The van der Waals surface area contributed by atoms with Gasteiger partial charge in [-0.2, -0.15) is 0 Å². The molecule has 0 unspecified atom stereocenters. The smallest absolute Gasteiger partial charge is 0.266 e. The highest BCUT2D eigenvalue weighted by Gasteiger charge is 2.03. The summed E-state index contributed by atoms with van der Waals surface area (Å²) in [4.78, 5) is 11.2. The maximum Gasteiger partial charge on any atom is 0.266 e. The van der Waals surface area contributed by atoms with Crippen LogP contribution in [0.4, 0.5) is 0 Å². The average molecular weight is 257 g/mol. The van der Waals surface area contributed by atoms with Crippen LogP contribution in [-0.4, -0.2) is 9.78 Å². The molecule has 2 aromatic rings. The van der Waals surface area contributed by atoms with Crippen molar-refractivity contribution >= 4 is 23.2 Å². The second-order valence-electron chi connectivity index (χ2n) is 3.60. The summed E-state index contributed by atoms with van der Waals surface area (Å²) in [6, 6.07) is 7.01. The number of aromatic nitrogens is 2. The molecule has 2 rings (SSSR count). The van der Waals surface area contributed by atoms with Gasteiger partial charge in [0.15, 0.2) is 0 Å². The number of nitrogens with one attached hydrogen (secondary N) is 1. The molecule has 16 heavy (non-hydrogen) atoms. The molecular weight excluding hydrogens is 247 g/mol. The molecule has 0 saturated heterocycles. The lowest BCUT2D eigenvalue weighted by Gasteiger charge is -2.01. The van der Waals surface area contributed by atoms with Gasteiger partial charge in [-0.3, -0.25) is 14.6 Å². The van der Waals surface area contributed by atoms with Gasteiger partial charge in [0.25, 0.3) is 5.56 Å². The van der Waals surface area contributed by atoms with Gasteiger partial charge >= 0.3 is 0 Å². The number of hydrogen-bond donors (Lipinski definition) is 1. The summed E-state index contributed by atoms with van der Waals surface area (Å²) in [5, 5.41) is 4.01. The van der Waals surface area contributed by atoms with E-state index in [9.17, 15) is 4.79 Å². The monoisotopic (exact) mass is 256 g/mol. The molecule has 0 fully saturated rings. The predicted molar refractivity (Wildman–Crippen MR) is 65.3 cm³/mol. The van der Waals surface area contributed by atoms with Gasteiger partial charge in [-0.1, -0.05) is 29.3 Å². The van der Waals surface area contributed by atoms with Crippen molar-refractivity contribution in [3.8, 4) is 0 Å². The maximum atomic E-state index is 11.2. The van der Waals surface area contributed by atoms with E-state index in [1.54, 1.807) is 25.2 Å². The number of halogens is 2. The number of benzene rings is 1. The highest BCUT2D eigenvalue weighted by atomic mass is 35.5. The number of rotatable bonds is 2. The summed E-state index contributed by atoms with van der Waals surface area (Å²) >= 11 is 11.7. The lowest BCUT2D eigenvalue weighted by atomic mass is 10.1. The Balaban J connectivity index is 2.27. The molecule has 1 N–H and O–H groups in total. The zero-order chi connectivity index (χ0) is 11.7. The van der Waals surface area contributed by atoms with Crippen LogP contribution in [0.2, 0.25) is 10.0 Å². The summed E-state index contributed by atoms with van der Waals surface area (Å²) in [7, 11) is 1.68. The Morgan fingerprint density at radius 2 is 2.00 bits per heavy atom. The molecule has 0 amide bonds. The summed E-state index contributed by atoms with van der Waals surface area (Å²) in [5.74, 6) is 0. The van der Waals surface area contributed by atoms with Crippen molar-refractivity contribution in [3.05, 3.63) is 55.9 Å². The fourth-order valence-electron chi connectivity index (χ4n) is 1.51. The first-order valence-corrected chi connectivity index (χ1v) is 5.50. The summed E-state index contributed by atoms with van der Waals surface area (Å²) in [6.07, 6.45) is 0.632. The van der Waals surface area contributed by atoms with Crippen LogP contribution >= 0.6 is 23.2 Å². The lowest BCUT2D eigenvalue weighted by molar-refractivity contribution is 0.725. The second-order valence-corrected chi connectivity index (χ2v) is 4.42. The Morgan fingerprint density at radius 3 is 2.56 bits per heavy atom. The highest BCUT2D eigenvalue weighted by Crippen LogP contribution is 2.23. The minimum absolute atomic E-state index is 0.0462. The van der Waals surface area contributed by atoms with Crippen molar-refractivity contribution in [1.29, 1.82) is 0 Å². The predicted octanol–water partition coefficient (Wildman–Crippen LogP) is 2.61. The number of H-pyrrole nitrogens is 1. The Morgan fingerprint density at radius 1 is 1.25 bits per heavy atom. The first-order chi connectivity index (χ1) is 7.56. The Labute approximate surface area is 103 Å². The topological polar surface area (TPSA) is 37.8 Å². The second kappa shape index (κ2) is 4.36. The largest absolute Gasteiger partial charge is 0.300 e. The maximum absolute atomic E-state index is 11.2. The third-order valence-electron chi connectivity index (χ3n) is 2.32. The van der Waals surface area contributed by atoms with Crippen molar-refractivity contribution in [3.63, 3.8) is 0 Å². The molecule has 1 heterocycles. The molecule has 0 spiro atoms. The number of nitrogens with zero attached hydrogens (tertiary/aromatic N) is 1. The first kappa shape index (κ1) is 11.3. The van der Waals surface area contributed by atoms with E-state index in [0.717, 1.165) is 11.3 Å².